The van der Waals surface area contributed by atoms with Crippen molar-refractivity contribution in [2.75, 3.05) is 45.2 Å². The zero-order chi connectivity index (χ0) is 11.4. The standard InChI is InChI=1S/C13H19N2O/c1-14(2)10-13-11-15(8-9-16-13)12-6-4-3-5-7-12/h3-4,6-7,13H,8-11H2,1-2H3. The van der Waals surface area contributed by atoms with Gasteiger partial charge in [-0.25, -0.2) is 0 Å². The number of anilines is 1. The molecule has 0 amide bonds. The highest BCUT2D eigenvalue weighted by Gasteiger charge is 2.20. The molecule has 0 bridgehead atoms. The monoisotopic (exact) mass is 219 g/mol. The highest BCUT2D eigenvalue weighted by Crippen LogP contribution is 2.16. The number of rotatable bonds is 3. The van der Waals surface area contributed by atoms with Gasteiger partial charge in [-0.3, -0.25) is 0 Å². The minimum Gasteiger partial charge on any atom is -0.373 e. The van der Waals surface area contributed by atoms with E-state index in [2.05, 4.69) is 36.0 Å². The van der Waals surface area contributed by atoms with Crippen LogP contribution in [0.5, 0.6) is 0 Å². The van der Waals surface area contributed by atoms with E-state index in [0.29, 0.717) is 6.10 Å². The minimum atomic E-state index is 0.309. The van der Waals surface area contributed by atoms with Crippen molar-refractivity contribution in [1.29, 1.82) is 0 Å². The van der Waals surface area contributed by atoms with Crippen LogP contribution in [0.15, 0.2) is 24.3 Å². The second-order valence-electron chi connectivity index (χ2n) is 4.46. The van der Waals surface area contributed by atoms with Crippen molar-refractivity contribution in [1.82, 2.24) is 4.90 Å². The van der Waals surface area contributed by atoms with Gasteiger partial charge in [-0.15, -0.1) is 0 Å². The fourth-order valence-electron chi connectivity index (χ4n) is 2.05. The van der Waals surface area contributed by atoms with Crippen LogP contribution < -0.4 is 4.90 Å². The van der Waals surface area contributed by atoms with E-state index < -0.39 is 0 Å². The quantitative estimate of drug-likeness (QED) is 0.761. The Balaban J connectivity index is 1.97. The Kier molecular flexibility index (Phi) is 3.80. The van der Waals surface area contributed by atoms with Crippen LogP contribution >= 0.6 is 0 Å². The number of ether oxygens (including phenoxy) is 1. The number of hydrogen-bond donors (Lipinski definition) is 0. The fourth-order valence-corrected chi connectivity index (χ4v) is 2.05. The molecule has 3 nitrogen and oxygen atoms in total. The molecule has 1 radical (unpaired) electrons. The molecular formula is C13H19N2O. The topological polar surface area (TPSA) is 15.7 Å². The second kappa shape index (κ2) is 5.32. The van der Waals surface area contributed by atoms with Crippen LogP contribution in [-0.2, 0) is 4.74 Å². The van der Waals surface area contributed by atoms with Gasteiger partial charge in [0.1, 0.15) is 0 Å². The molecule has 1 aliphatic heterocycles. The van der Waals surface area contributed by atoms with Crippen molar-refractivity contribution in [3.63, 3.8) is 0 Å². The molecule has 1 saturated heterocycles. The molecule has 1 aromatic rings. The first-order valence-corrected chi connectivity index (χ1v) is 5.73. The van der Waals surface area contributed by atoms with Crippen LogP contribution in [0.3, 0.4) is 0 Å². The smallest absolute Gasteiger partial charge is 0.0877 e. The first-order chi connectivity index (χ1) is 7.75. The molecular weight excluding hydrogens is 200 g/mol. The maximum atomic E-state index is 5.75. The molecule has 0 spiro atoms. The van der Waals surface area contributed by atoms with Crippen LogP contribution in [0.2, 0.25) is 0 Å². The van der Waals surface area contributed by atoms with Crippen LogP contribution in [0.1, 0.15) is 0 Å². The Morgan fingerprint density at radius 1 is 1.56 bits per heavy atom. The predicted octanol–water partition coefficient (Wildman–Crippen LogP) is 1.25. The molecule has 1 aromatic carbocycles. The van der Waals surface area contributed by atoms with E-state index in [4.69, 9.17) is 4.74 Å². The SMILES string of the molecule is CN(C)CC1CN(c2c[c]ccc2)CCO1. The van der Waals surface area contributed by atoms with Gasteiger partial charge in [-0.05, 0) is 32.3 Å². The van der Waals surface area contributed by atoms with E-state index in [9.17, 15) is 0 Å². The predicted molar refractivity (Wildman–Crippen MR) is 65.8 cm³/mol. The van der Waals surface area contributed by atoms with Crippen molar-refractivity contribution in [3.8, 4) is 0 Å². The van der Waals surface area contributed by atoms with Gasteiger partial charge in [-0.2, -0.15) is 0 Å². The van der Waals surface area contributed by atoms with Gasteiger partial charge in [-0.1, -0.05) is 12.1 Å². The van der Waals surface area contributed by atoms with Crippen molar-refractivity contribution in [3.05, 3.63) is 30.3 Å². The Morgan fingerprint density at radius 3 is 3.12 bits per heavy atom. The summed E-state index contributed by atoms with van der Waals surface area (Å²) >= 11 is 0. The van der Waals surface area contributed by atoms with E-state index in [0.717, 1.165) is 26.2 Å². The normalized spacial score (nSPS) is 21.4. The molecule has 2 rings (SSSR count). The highest BCUT2D eigenvalue weighted by molar-refractivity contribution is 5.46. The molecule has 0 aliphatic carbocycles. The lowest BCUT2D eigenvalue weighted by atomic mass is 10.2. The molecule has 1 aliphatic rings. The van der Waals surface area contributed by atoms with Crippen LogP contribution in [0.4, 0.5) is 5.69 Å². The van der Waals surface area contributed by atoms with Gasteiger partial charge >= 0.3 is 0 Å². The summed E-state index contributed by atoms with van der Waals surface area (Å²) in [5.74, 6) is 0. The summed E-state index contributed by atoms with van der Waals surface area (Å²) in [5, 5.41) is 0. The molecule has 1 heterocycles. The van der Waals surface area contributed by atoms with Crippen molar-refractivity contribution in [2.45, 2.75) is 6.10 Å². The first-order valence-electron chi connectivity index (χ1n) is 5.73. The lowest BCUT2D eigenvalue weighted by Crippen LogP contribution is -2.46. The number of hydrogen-bond acceptors (Lipinski definition) is 3. The number of morpholine rings is 1. The Bertz CT molecular complexity index is 313. The molecule has 1 fully saturated rings. The first kappa shape index (κ1) is 11.4. The largest absolute Gasteiger partial charge is 0.373 e. The van der Waals surface area contributed by atoms with E-state index in [-0.39, 0.29) is 0 Å². The number of likely N-dealkylation sites (N-methyl/N-ethyl adjacent to an activating group) is 1. The van der Waals surface area contributed by atoms with Crippen LogP contribution in [0.25, 0.3) is 0 Å². The van der Waals surface area contributed by atoms with E-state index >= 15 is 0 Å². The minimum absolute atomic E-state index is 0.309. The number of nitrogens with zero attached hydrogens (tertiary/aromatic N) is 2. The van der Waals surface area contributed by atoms with Crippen molar-refractivity contribution < 1.29 is 4.74 Å². The third-order valence-corrected chi connectivity index (χ3v) is 2.76. The number of benzene rings is 1. The Morgan fingerprint density at radius 2 is 2.44 bits per heavy atom. The van der Waals surface area contributed by atoms with E-state index in [1.54, 1.807) is 0 Å². The average molecular weight is 219 g/mol. The summed E-state index contributed by atoms with van der Waals surface area (Å²) in [6.07, 6.45) is 0.309. The molecule has 0 N–H and O–H groups in total. The van der Waals surface area contributed by atoms with E-state index in [1.165, 1.54) is 5.69 Å². The molecule has 0 saturated carbocycles. The summed E-state index contributed by atoms with van der Waals surface area (Å²) in [6, 6.07) is 11.3. The summed E-state index contributed by atoms with van der Waals surface area (Å²) in [6.45, 7) is 3.73. The molecule has 16 heavy (non-hydrogen) atoms. The lowest BCUT2D eigenvalue weighted by molar-refractivity contribution is 0.0248. The molecule has 0 aromatic heterocycles. The summed E-state index contributed by atoms with van der Waals surface area (Å²) in [5.41, 5.74) is 1.24. The van der Waals surface area contributed by atoms with Gasteiger partial charge in [0, 0.05) is 25.3 Å². The zero-order valence-electron chi connectivity index (χ0n) is 10.0. The van der Waals surface area contributed by atoms with Gasteiger partial charge in [0.2, 0.25) is 0 Å². The molecule has 1 unspecified atom stereocenters. The zero-order valence-corrected chi connectivity index (χ0v) is 10.0. The average Bonchev–Trinajstić information content (AvgIpc) is 2.30. The maximum absolute atomic E-state index is 5.75. The van der Waals surface area contributed by atoms with Crippen molar-refractivity contribution in [2.24, 2.45) is 0 Å². The van der Waals surface area contributed by atoms with Gasteiger partial charge in [0.25, 0.3) is 0 Å². The highest BCUT2D eigenvalue weighted by atomic mass is 16.5. The molecule has 87 valence electrons. The summed E-state index contributed by atoms with van der Waals surface area (Å²) < 4.78 is 5.75. The van der Waals surface area contributed by atoms with Crippen LogP contribution in [-0.4, -0.2) is 51.3 Å². The van der Waals surface area contributed by atoms with Crippen molar-refractivity contribution >= 4 is 5.69 Å². The van der Waals surface area contributed by atoms with Gasteiger partial charge in [0.15, 0.2) is 0 Å². The Hall–Kier alpha value is -1.06. The second-order valence-corrected chi connectivity index (χ2v) is 4.46. The maximum Gasteiger partial charge on any atom is 0.0877 e. The fraction of sp³-hybridized carbons (Fsp3) is 0.538. The third-order valence-electron chi connectivity index (χ3n) is 2.76. The van der Waals surface area contributed by atoms with E-state index in [1.807, 2.05) is 18.2 Å². The van der Waals surface area contributed by atoms with Gasteiger partial charge < -0.3 is 14.5 Å². The summed E-state index contributed by atoms with van der Waals surface area (Å²) in [4.78, 5) is 4.54. The Labute approximate surface area is 97.6 Å². The van der Waals surface area contributed by atoms with Crippen LogP contribution in [0, 0.1) is 6.07 Å². The molecule has 3 heteroatoms. The third kappa shape index (κ3) is 2.97. The molecule has 1 atom stereocenters. The summed E-state index contributed by atoms with van der Waals surface area (Å²) in [7, 11) is 4.16. The van der Waals surface area contributed by atoms with Gasteiger partial charge in [0.05, 0.1) is 12.7 Å². The lowest BCUT2D eigenvalue weighted by Gasteiger charge is -2.35.